The summed E-state index contributed by atoms with van der Waals surface area (Å²) in [6, 6.07) is 12.4. The fourth-order valence-corrected chi connectivity index (χ4v) is 5.95. The molecule has 0 radical (unpaired) electrons. The Labute approximate surface area is 194 Å². The van der Waals surface area contributed by atoms with Gasteiger partial charge < -0.3 is 14.6 Å². The van der Waals surface area contributed by atoms with Crippen LogP contribution in [0.25, 0.3) is 21.6 Å². The van der Waals surface area contributed by atoms with E-state index >= 15 is 0 Å². The van der Waals surface area contributed by atoms with E-state index in [9.17, 15) is 0 Å². The maximum absolute atomic E-state index is 6.08. The molecule has 0 aliphatic carbocycles. The number of nitrogens with one attached hydrogen (secondary N) is 1. The fraction of sp³-hybridized carbons (Fsp3) is 0.304. The highest BCUT2D eigenvalue weighted by Gasteiger charge is 2.15. The second-order valence-corrected chi connectivity index (χ2v) is 10.2. The van der Waals surface area contributed by atoms with Gasteiger partial charge in [0.25, 0.3) is 0 Å². The van der Waals surface area contributed by atoms with Crippen LogP contribution in [0.2, 0.25) is 5.02 Å². The lowest BCUT2D eigenvalue weighted by Gasteiger charge is -2.13. The van der Waals surface area contributed by atoms with Gasteiger partial charge in [-0.3, -0.25) is 0 Å². The molecule has 0 amide bonds. The zero-order valence-corrected chi connectivity index (χ0v) is 19.8. The van der Waals surface area contributed by atoms with Crippen molar-refractivity contribution in [2.45, 2.75) is 32.8 Å². The molecule has 160 valence electrons. The van der Waals surface area contributed by atoms with Crippen LogP contribution in [0.15, 0.2) is 36.4 Å². The van der Waals surface area contributed by atoms with Crippen molar-refractivity contribution in [3.8, 4) is 10.6 Å². The van der Waals surface area contributed by atoms with Gasteiger partial charge in [0.05, 0.1) is 29.1 Å². The van der Waals surface area contributed by atoms with E-state index in [4.69, 9.17) is 26.3 Å². The van der Waals surface area contributed by atoms with Gasteiger partial charge in [0.2, 0.25) is 0 Å². The SMILES string of the molecule is Cc1cc(Cl)ccc1-c1nc(C)c(NCOCc2ccc3c(c2)nc2n3CCSC2)s1. The van der Waals surface area contributed by atoms with Crippen LogP contribution in [0.3, 0.4) is 0 Å². The number of halogens is 1. The number of aromatic nitrogens is 3. The van der Waals surface area contributed by atoms with Crippen molar-refractivity contribution >= 4 is 50.7 Å². The van der Waals surface area contributed by atoms with Gasteiger partial charge in [-0.15, -0.1) is 0 Å². The van der Waals surface area contributed by atoms with E-state index in [1.165, 1.54) is 11.3 Å². The van der Waals surface area contributed by atoms with Crippen molar-refractivity contribution in [3.63, 3.8) is 0 Å². The standard InChI is InChI=1S/C23H23ClN4OS2/c1-14-9-17(24)4-5-18(14)23-26-15(2)22(31-23)25-13-29-11-16-3-6-20-19(10-16)27-21-12-30-8-7-28(20)21/h3-6,9-10,25H,7-8,11-13H2,1-2H3. The minimum Gasteiger partial charge on any atom is -0.357 e. The predicted octanol–water partition coefficient (Wildman–Crippen LogP) is 6.26. The lowest BCUT2D eigenvalue weighted by atomic mass is 10.1. The second kappa shape index (κ2) is 8.82. The molecule has 1 aliphatic heterocycles. The Balaban J connectivity index is 1.21. The summed E-state index contributed by atoms with van der Waals surface area (Å²) < 4.78 is 8.23. The van der Waals surface area contributed by atoms with Crippen molar-refractivity contribution in [2.75, 3.05) is 17.8 Å². The molecule has 1 N–H and O–H groups in total. The molecule has 4 aromatic rings. The van der Waals surface area contributed by atoms with Crippen LogP contribution in [0, 0.1) is 13.8 Å². The van der Waals surface area contributed by atoms with Crippen LogP contribution >= 0.6 is 34.7 Å². The molecular weight excluding hydrogens is 448 g/mol. The highest BCUT2D eigenvalue weighted by Crippen LogP contribution is 2.34. The predicted molar refractivity (Wildman–Crippen MR) is 131 cm³/mol. The molecule has 5 nitrogen and oxygen atoms in total. The van der Waals surface area contributed by atoms with E-state index in [0.29, 0.717) is 13.3 Å². The minimum absolute atomic E-state index is 0.427. The van der Waals surface area contributed by atoms with E-state index in [-0.39, 0.29) is 0 Å². The van der Waals surface area contributed by atoms with Crippen LogP contribution in [0.1, 0.15) is 22.6 Å². The lowest BCUT2D eigenvalue weighted by Crippen LogP contribution is -2.10. The second-order valence-electron chi connectivity index (χ2n) is 7.62. The summed E-state index contributed by atoms with van der Waals surface area (Å²) in [5.41, 5.74) is 6.63. The highest BCUT2D eigenvalue weighted by molar-refractivity contribution is 7.98. The third kappa shape index (κ3) is 4.32. The van der Waals surface area contributed by atoms with Gasteiger partial charge in [-0.1, -0.05) is 35.1 Å². The minimum atomic E-state index is 0.427. The molecule has 2 aromatic carbocycles. The van der Waals surface area contributed by atoms with Crippen molar-refractivity contribution in [2.24, 2.45) is 0 Å². The Kier molecular flexibility index (Phi) is 5.93. The number of aryl methyl sites for hydroxylation is 3. The summed E-state index contributed by atoms with van der Waals surface area (Å²) in [6.45, 7) is 6.08. The number of hydrogen-bond donors (Lipinski definition) is 1. The highest BCUT2D eigenvalue weighted by atomic mass is 35.5. The van der Waals surface area contributed by atoms with Crippen LogP contribution in [-0.2, 0) is 23.6 Å². The Morgan fingerprint density at radius 1 is 1.16 bits per heavy atom. The Bertz CT molecular complexity index is 1250. The number of thioether (sulfide) groups is 1. The third-order valence-corrected chi connectivity index (χ3v) is 7.72. The molecule has 3 heterocycles. The fourth-order valence-electron chi connectivity index (χ4n) is 3.82. The first-order valence-electron chi connectivity index (χ1n) is 10.2. The number of fused-ring (bicyclic) bond motifs is 3. The summed E-state index contributed by atoms with van der Waals surface area (Å²) in [7, 11) is 0. The largest absolute Gasteiger partial charge is 0.357 e. The van der Waals surface area contributed by atoms with Crippen molar-refractivity contribution < 1.29 is 4.74 Å². The van der Waals surface area contributed by atoms with E-state index in [0.717, 1.165) is 61.0 Å². The van der Waals surface area contributed by atoms with Crippen LogP contribution in [0.4, 0.5) is 5.00 Å². The van der Waals surface area contributed by atoms with Gasteiger partial charge in [0, 0.05) is 22.9 Å². The molecule has 0 atom stereocenters. The third-order valence-electron chi connectivity index (χ3n) is 5.40. The number of anilines is 1. The zero-order valence-electron chi connectivity index (χ0n) is 17.4. The van der Waals surface area contributed by atoms with Crippen molar-refractivity contribution in [1.29, 1.82) is 0 Å². The van der Waals surface area contributed by atoms with Gasteiger partial charge >= 0.3 is 0 Å². The molecule has 0 saturated carbocycles. The molecule has 0 fully saturated rings. The molecule has 0 unspecified atom stereocenters. The van der Waals surface area contributed by atoms with E-state index in [1.54, 1.807) is 11.3 Å². The van der Waals surface area contributed by atoms with Crippen molar-refractivity contribution in [1.82, 2.24) is 14.5 Å². The Morgan fingerprint density at radius 3 is 2.94 bits per heavy atom. The number of imidazole rings is 1. The van der Waals surface area contributed by atoms with Gasteiger partial charge in [0.1, 0.15) is 22.6 Å². The Morgan fingerprint density at radius 2 is 2.06 bits per heavy atom. The summed E-state index contributed by atoms with van der Waals surface area (Å²) in [6.07, 6.45) is 0. The number of rotatable bonds is 6. The maximum atomic E-state index is 6.08. The quantitative estimate of drug-likeness (QED) is 0.266. The van der Waals surface area contributed by atoms with Crippen LogP contribution in [-0.4, -0.2) is 27.0 Å². The monoisotopic (exact) mass is 470 g/mol. The van der Waals surface area contributed by atoms with Crippen LogP contribution in [0.5, 0.6) is 0 Å². The first kappa shape index (κ1) is 20.8. The summed E-state index contributed by atoms with van der Waals surface area (Å²) in [5, 5.41) is 6.13. The molecular formula is C23H23ClN4OS2. The normalized spacial score (nSPS) is 13.5. The number of nitrogens with zero attached hydrogens (tertiary/aromatic N) is 3. The van der Waals surface area contributed by atoms with Gasteiger partial charge in [-0.25, -0.2) is 9.97 Å². The van der Waals surface area contributed by atoms with Gasteiger partial charge in [-0.05, 0) is 49.2 Å². The van der Waals surface area contributed by atoms with Crippen LogP contribution < -0.4 is 5.32 Å². The van der Waals surface area contributed by atoms with Gasteiger partial charge in [-0.2, -0.15) is 11.8 Å². The zero-order chi connectivity index (χ0) is 21.4. The smallest absolute Gasteiger partial charge is 0.125 e. The first-order valence-corrected chi connectivity index (χ1v) is 12.5. The maximum Gasteiger partial charge on any atom is 0.125 e. The summed E-state index contributed by atoms with van der Waals surface area (Å²) in [5.74, 6) is 3.33. The molecule has 2 aromatic heterocycles. The average Bonchev–Trinajstić information content (AvgIpc) is 3.31. The molecule has 0 saturated heterocycles. The molecule has 0 bridgehead atoms. The Hall–Kier alpha value is -2.06. The van der Waals surface area contributed by atoms with E-state index in [1.807, 2.05) is 36.9 Å². The van der Waals surface area contributed by atoms with Crippen molar-refractivity contribution in [3.05, 3.63) is 64.1 Å². The van der Waals surface area contributed by atoms with E-state index < -0.39 is 0 Å². The molecule has 8 heteroatoms. The number of ether oxygens (including phenoxy) is 1. The van der Waals surface area contributed by atoms with E-state index in [2.05, 4.69) is 35.0 Å². The first-order chi connectivity index (χ1) is 15.1. The summed E-state index contributed by atoms with van der Waals surface area (Å²) >= 11 is 9.67. The molecule has 1 aliphatic rings. The molecule has 0 spiro atoms. The number of benzene rings is 2. The number of hydrogen-bond acceptors (Lipinski definition) is 6. The topological polar surface area (TPSA) is 52.0 Å². The molecule has 5 rings (SSSR count). The summed E-state index contributed by atoms with van der Waals surface area (Å²) in [4.78, 5) is 9.52. The number of thiazole rings is 1. The van der Waals surface area contributed by atoms with Gasteiger partial charge in [0.15, 0.2) is 0 Å². The average molecular weight is 471 g/mol. The molecule has 31 heavy (non-hydrogen) atoms. The lowest BCUT2D eigenvalue weighted by molar-refractivity contribution is 0.139.